The summed E-state index contributed by atoms with van der Waals surface area (Å²) in [5, 5.41) is 5.98. The summed E-state index contributed by atoms with van der Waals surface area (Å²) in [6.07, 6.45) is 4.80. The van der Waals surface area contributed by atoms with Gasteiger partial charge < -0.3 is 31.3 Å². The number of nitrogens with one attached hydrogen (secondary N) is 5. The number of amides is 2. The van der Waals surface area contributed by atoms with Gasteiger partial charge in [-0.1, -0.05) is 0 Å². The molecule has 0 saturated heterocycles. The number of carbonyl (C=O) groups is 2. The molecule has 30 heavy (non-hydrogen) atoms. The third-order valence-electron chi connectivity index (χ3n) is 5.31. The molecule has 3 heterocycles. The molecule has 0 aliphatic heterocycles. The van der Waals surface area contributed by atoms with Gasteiger partial charge in [0.2, 0.25) is 0 Å². The van der Waals surface area contributed by atoms with Gasteiger partial charge in [-0.3, -0.25) is 9.59 Å². The average Bonchev–Trinajstić information content (AvgIpc) is 3.42. The van der Waals surface area contributed by atoms with Crippen LogP contribution in [0.4, 0.5) is 5.95 Å². The standard InChI is InChI=1S/C19H21Br2N7O2/c20-11-3-15(23-7-11)17(29)25-5-9-1-13-14(28-19(22)27-13)2-10(9)6-26-18(30)16-4-12(21)8-24-16/h3-4,7-10,23-24H,1-2,5-6H2,(H,25,29)(H,26,30)(H3,22,27,28)/t9-,10-/m0/s1. The first-order valence-corrected chi connectivity index (χ1v) is 11.0. The first-order chi connectivity index (χ1) is 14.4. The van der Waals surface area contributed by atoms with E-state index < -0.39 is 0 Å². The maximum Gasteiger partial charge on any atom is 0.267 e. The number of nitrogens with zero attached hydrogens (tertiary/aromatic N) is 1. The molecule has 0 bridgehead atoms. The average molecular weight is 539 g/mol. The van der Waals surface area contributed by atoms with Crippen molar-refractivity contribution < 1.29 is 9.59 Å². The van der Waals surface area contributed by atoms with Crippen LogP contribution < -0.4 is 16.4 Å². The number of imidazole rings is 1. The SMILES string of the molecule is Nc1nc2c([nH]1)C[C@@H](CNC(=O)c1cc(Br)c[nH]1)[C@H](CNC(=O)c1cc(Br)c[nH]1)C2. The molecule has 158 valence electrons. The van der Waals surface area contributed by atoms with Crippen LogP contribution in [0.15, 0.2) is 33.5 Å². The fraction of sp³-hybridized carbons (Fsp3) is 0.316. The normalized spacial score (nSPS) is 18.1. The van der Waals surface area contributed by atoms with Gasteiger partial charge in [-0.25, -0.2) is 4.98 Å². The molecule has 1 aliphatic rings. The van der Waals surface area contributed by atoms with E-state index >= 15 is 0 Å². The number of hydrogen-bond donors (Lipinski definition) is 6. The lowest BCUT2D eigenvalue weighted by Gasteiger charge is -2.31. The molecule has 2 amide bonds. The van der Waals surface area contributed by atoms with Gasteiger partial charge >= 0.3 is 0 Å². The van der Waals surface area contributed by atoms with Crippen LogP contribution in [0.3, 0.4) is 0 Å². The molecule has 11 heteroatoms. The van der Waals surface area contributed by atoms with Crippen molar-refractivity contribution in [3.05, 3.63) is 56.2 Å². The lowest BCUT2D eigenvalue weighted by Crippen LogP contribution is -2.42. The zero-order chi connectivity index (χ0) is 21.3. The van der Waals surface area contributed by atoms with E-state index in [4.69, 9.17) is 5.73 Å². The Labute approximate surface area is 189 Å². The number of aromatic nitrogens is 4. The van der Waals surface area contributed by atoms with E-state index in [0.717, 1.165) is 20.3 Å². The van der Waals surface area contributed by atoms with Crippen molar-refractivity contribution in [2.75, 3.05) is 18.8 Å². The van der Waals surface area contributed by atoms with E-state index in [1.54, 1.807) is 24.5 Å². The molecule has 3 aromatic heterocycles. The molecule has 3 aromatic rings. The molecule has 9 nitrogen and oxygen atoms in total. The number of hydrogen-bond acceptors (Lipinski definition) is 4. The Morgan fingerprint density at radius 2 is 1.53 bits per heavy atom. The molecule has 0 aromatic carbocycles. The van der Waals surface area contributed by atoms with Crippen molar-refractivity contribution in [1.29, 1.82) is 0 Å². The highest BCUT2D eigenvalue weighted by molar-refractivity contribution is 9.10. The highest BCUT2D eigenvalue weighted by atomic mass is 79.9. The molecule has 0 unspecified atom stereocenters. The summed E-state index contributed by atoms with van der Waals surface area (Å²) in [6, 6.07) is 3.46. The van der Waals surface area contributed by atoms with Crippen molar-refractivity contribution in [2.24, 2.45) is 11.8 Å². The monoisotopic (exact) mass is 537 g/mol. The first-order valence-electron chi connectivity index (χ1n) is 9.46. The third-order valence-corrected chi connectivity index (χ3v) is 6.22. The maximum atomic E-state index is 12.4. The molecule has 0 fully saturated rings. The van der Waals surface area contributed by atoms with Gasteiger partial charge in [0.15, 0.2) is 5.95 Å². The predicted molar refractivity (Wildman–Crippen MR) is 119 cm³/mol. The summed E-state index contributed by atoms with van der Waals surface area (Å²) in [4.78, 5) is 38.2. The Morgan fingerprint density at radius 3 is 2.03 bits per heavy atom. The first kappa shape index (κ1) is 20.7. The van der Waals surface area contributed by atoms with Crippen LogP contribution in [0.1, 0.15) is 32.4 Å². The van der Waals surface area contributed by atoms with Crippen LogP contribution in [0, 0.1) is 11.8 Å². The molecule has 7 N–H and O–H groups in total. The Hall–Kier alpha value is -2.53. The second-order valence-electron chi connectivity index (χ2n) is 7.36. The van der Waals surface area contributed by atoms with Gasteiger partial charge in [0.1, 0.15) is 11.4 Å². The van der Waals surface area contributed by atoms with E-state index in [1.165, 1.54) is 0 Å². The minimum absolute atomic E-state index is 0.109. The molecule has 0 radical (unpaired) electrons. The molecule has 0 saturated carbocycles. The molecular weight excluding hydrogens is 518 g/mol. The summed E-state index contributed by atoms with van der Waals surface area (Å²) in [6.45, 7) is 0.943. The maximum absolute atomic E-state index is 12.4. The van der Waals surface area contributed by atoms with Crippen molar-refractivity contribution in [3.63, 3.8) is 0 Å². The summed E-state index contributed by atoms with van der Waals surface area (Å²) in [7, 11) is 0. The van der Waals surface area contributed by atoms with Gasteiger partial charge in [-0.15, -0.1) is 0 Å². The fourth-order valence-electron chi connectivity index (χ4n) is 3.76. The van der Waals surface area contributed by atoms with Crippen molar-refractivity contribution in [1.82, 2.24) is 30.6 Å². The molecule has 1 aliphatic carbocycles. The number of nitrogen functional groups attached to an aromatic ring is 1. The number of anilines is 1. The van der Waals surface area contributed by atoms with Crippen molar-refractivity contribution in [2.45, 2.75) is 12.8 Å². The highest BCUT2D eigenvalue weighted by Crippen LogP contribution is 2.29. The van der Waals surface area contributed by atoms with Gasteiger partial charge in [0, 0.05) is 40.1 Å². The van der Waals surface area contributed by atoms with E-state index in [0.29, 0.717) is 43.3 Å². The van der Waals surface area contributed by atoms with Crippen molar-refractivity contribution in [3.8, 4) is 0 Å². The molecule has 0 spiro atoms. The summed E-state index contributed by atoms with van der Waals surface area (Å²) in [5.41, 5.74) is 8.72. The molecular formula is C19H21Br2N7O2. The van der Waals surface area contributed by atoms with Gasteiger partial charge in [-0.2, -0.15) is 0 Å². The van der Waals surface area contributed by atoms with Crippen LogP contribution in [-0.4, -0.2) is 44.8 Å². The van der Waals surface area contributed by atoms with E-state index in [9.17, 15) is 9.59 Å². The number of aromatic amines is 3. The summed E-state index contributed by atoms with van der Waals surface area (Å²) < 4.78 is 1.64. The van der Waals surface area contributed by atoms with Crippen molar-refractivity contribution >= 4 is 49.6 Å². The van der Waals surface area contributed by atoms with Crippen LogP contribution in [0.25, 0.3) is 0 Å². The van der Waals surface area contributed by atoms with Gasteiger partial charge in [0.05, 0.1) is 5.69 Å². The van der Waals surface area contributed by atoms with E-state index in [1.807, 2.05) is 0 Å². The smallest absolute Gasteiger partial charge is 0.267 e. The summed E-state index contributed by atoms with van der Waals surface area (Å²) in [5.74, 6) is 0.273. The molecule has 2 atom stereocenters. The van der Waals surface area contributed by atoms with Crippen LogP contribution in [0.2, 0.25) is 0 Å². The largest absolute Gasteiger partial charge is 0.369 e. The van der Waals surface area contributed by atoms with Gasteiger partial charge in [-0.05, 0) is 68.7 Å². The minimum Gasteiger partial charge on any atom is -0.369 e. The number of nitrogens with two attached hydrogens (primary N) is 1. The minimum atomic E-state index is -0.174. The Balaban J connectivity index is 1.43. The quantitative estimate of drug-likeness (QED) is 0.286. The Morgan fingerprint density at radius 1 is 1.00 bits per heavy atom. The third kappa shape index (κ3) is 4.62. The second kappa shape index (κ2) is 8.68. The number of fused-ring (bicyclic) bond motifs is 1. The van der Waals surface area contributed by atoms with Crippen LogP contribution in [0.5, 0.6) is 0 Å². The zero-order valence-corrected chi connectivity index (χ0v) is 19.1. The van der Waals surface area contributed by atoms with E-state index in [-0.39, 0.29) is 23.7 Å². The number of halogens is 2. The van der Waals surface area contributed by atoms with Crippen LogP contribution in [-0.2, 0) is 12.8 Å². The number of H-pyrrole nitrogens is 3. The zero-order valence-electron chi connectivity index (χ0n) is 15.9. The predicted octanol–water partition coefficient (Wildman–Crippen LogP) is 2.36. The van der Waals surface area contributed by atoms with E-state index in [2.05, 4.69) is 62.4 Å². The second-order valence-corrected chi connectivity index (χ2v) is 9.19. The number of carbonyl (C=O) groups excluding carboxylic acids is 2. The lowest BCUT2D eigenvalue weighted by molar-refractivity contribution is 0.0911. The van der Waals surface area contributed by atoms with Gasteiger partial charge in [0.25, 0.3) is 11.8 Å². The summed E-state index contributed by atoms with van der Waals surface area (Å²) >= 11 is 6.67. The Bertz CT molecular complexity index is 989. The lowest BCUT2D eigenvalue weighted by atomic mass is 9.79. The topological polar surface area (TPSA) is 144 Å². The highest BCUT2D eigenvalue weighted by Gasteiger charge is 2.31. The van der Waals surface area contributed by atoms with Crippen LogP contribution >= 0.6 is 31.9 Å². The number of rotatable bonds is 6. The molecule has 4 rings (SSSR count). The fourth-order valence-corrected chi connectivity index (χ4v) is 4.45. The Kier molecular flexibility index (Phi) is 6.00.